The quantitative estimate of drug-likeness (QED) is 0.0262. The molecule has 0 spiro atoms. The fraction of sp³-hybridized carbons (Fsp3) is 0.807. The van der Waals surface area contributed by atoms with Crippen molar-refractivity contribution in [3.8, 4) is 0 Å². The van der Waals surface area contributed by atoms with Gasteiger partial charge in [-0.05, 0) is 103 Å². The van der Waals surface area contributed by atoms with Gasteiger partial charge in [-0.1, -0.05) is 204 Å². The monoisotopic (exact) mass is 883 g/mol. The van der Waals surface area contributed by atoms with Crippen molar-refractivity contribution in [2.45, 2.75) is 284 Å². The minimum absolute atomic E-state index is 0.0802. The molecule has 0 saturated heterocycles. The summed E-state index contributed by atoms with van der Waals surface area (Å²) in [6.45, 7) is 6.58. The number of carbonyl (C=O) groups excluding carboxylic acids is 3. The lowest BCUT2D eigenvalue weighted by Crippen LogP contribution is -2.30. The van der Waals surface area contributed by atoms with Crippen molar-refractivity contribution in [2.75, 3.05) is 13.2 Å². The van der Waals surface area contributed by atoms with E-state index >= 15 is 0 Å². The van der Waals surface area contributed by atoms with Crippen LogP contribution in [0.1, 0.15) is 278 Å². The summed E-state index contributed by atoms with van der Waals surface area (Å²) in [5.41, 5.74) is 0. The smallest absolute Gasteiger partial charge is 0.306 e. The predicted molar refractivity (Wildman–Crippen MR) is 270 cm³/mol. The molecule has 0 aliphatic carbocycles. The highest BCUT2D eigenvalue weighted by molar-refractivity contribution is 5.71. The van der Waals surface area contributed by atoms with E-state index in [1.54, 1.807) is 0 Å². The van der Waals surface area contributed by atoms with Crippen molar-refractivity contribution in [3.05, 3.63) is 48.6 Å². The van der Waals surface area contributed by atoms with Crippen LogP contribution < -0.4 is 0 Å². The van der Waals surface area contributed by atoms with Crippen LogP contribution in [0.2, 0.25) is 0 Å². The fourth-order valence-corrected chi connectivity index (χ4v) is 7.64. The van der Waals surface area contributed by atoms with Gasteiger partial charge in [0.2, 0.25) is 0 Å². The van der Waals surface area contributed by atoms with Gasteiger partial charge >= 0.3 is 17.9 Å². The summed E-state index contributed by atoms with van der Waals surface area (Å²) in [4.78, 5) is 38.0. The largest absolute Gasteiger partial charge is 0.462 e. The Morgan fingerprint density at radius 3 is 0.921 bits per heavy atom. The Kier molecular flexibility index (Phi) is 49.8. The van der Waals surface area contributed by atoms with Crippen LogP contribution in [0, 0.1) is 0 Å². The van der Waals surface area contributed by atoms with Crippen LogP contribution in [-0.2, 0) is 28.6 Å². The summed E-state index contributed by atoms with van der Waals surface area (Å²) in [5.74, 6) is -0.894. The Labute approximate surface area is 390 Å². The molecule has 1 atom stereocenters. The number of unbranched alkanes of at least 4 members (excludes halogenated alkanes) is 30. The lowest BCUT2D eigenvalue weighted by atomic mass is 10.1. The summed E-state index contributed by atoms with van der Waals surface area (Å²) in [6.07, 6.45) is 62.3. The maximum Gasteiger partial charge on any atom is 0.306 e. The molecule has 6 nitrogen and oxygen atoms in total. The summed E-state index contributed by atoms with van der Waals surface area (Å²) in [6, 6.07) is 0. The number of rotatable bonds is 49. The summed E-state index contributed by atoms with van der Waals surface area (Å²) in [5, 5.41) is 0. The molecule has 0 fully saturated rings. The van der Waals surface area contributed by atoms with E-state index < -0.39 is 6.10 Å². The SMILES string of the molecule is CCCCC/C=C\C/C=C\CCCCCCCCCCCC(=O)OCC(COC(=O)CCCCCCC/C=C\CCCCCC)OC(=O)CCCCCCC/C=C\CCCCCC. The first-order valence-corrected chi connectivity index (χ1v) is 27.1. The van der Waals surface area contributed by atoms with Gasteiger partial charge in [0, 0.05) is 19.3 Å². The highest BCUT2D eigenvalue weighted by Gasteiger charge is 2.19. The molecule has 0 N–H and O–H groups in total. The molecule has 1 unspecified atom stereocenters. The van der Waals surface area contributed by atoms with E-state index in [0.717, 1.165) is 83.5 Å². The predicted octanol–water partition coefficient (Wildman–Crippen LogP) is 17.9. The molecule has 0 aliphatic heterocycles. The number of allylic oxidation sites excluding steroid dienone is 8. The molecule has 0 aromatic rings. The van der Waals surface area contributed by atoms with E-state index in [9.17, 15) is 14.4 Å². The van der Waals surface area contributed by atoms with Crippen molar-refractivity contribution < 1.29 is 28.6 Å². The molecule has 0 heterocycles. The van der Waals surface area contributed by atoms with Crippen LogP contribution in [0.25, 0.3) is 0 Å². The van der Waals surface area contributed by atoms with Crippen LogP contribution in [0.3, 0.4) is 0 Å². The summed E-state index contributed by atoms with van der Waals surface area (Å²) in [7, 11) is 0. The highest BCUT2D eigenvalue weighted by Crippen LogP contribution is 2.15. The van der Waals surface area contributed by atoms with E-state index in [4.69, 9.17) is 14.2 Å². The summed E-state index contributed by atoms with van der Waals surface area (Å²) < 4.78 is 16.8. The Morgan fingerprint density at radius 2 is 0.571 bits per heavy atom. The van der Waals surface area contributed by atoms with Crippen molar-refractivity contribution in [3.63, 3.8) is 0 Å². The van der Waals surface area contributed by atoms with Crippen LogP contribution >= 0.6 is 0 Å². The minimum Gasteiger partial charge on any atom is -0.462 e. The Morgan fingerprint density at radius 1 is 0.317 bits per heavy atom. The number of ether oxygens (including phenoxy) is 3. The number of esters is 3. The van der Waals surface area contributed by atoms with Gasteiger partial charge in [0.25, 0.3) is 0 Å². The molecule has 6 heteroatoms. The second-order valence-corrected chi connectivity index (χ2v) is 18.1. The first-order valence-electron chi connectivity index (χ1n) is 27.1. The zero-order chi connectivity index (χ0) is 45.8. The lowest BCUT2D eigenvalue weighted by molar-refractivity contribution is -0.167. The van der Waals surface area contributed by atoms with E-state index in [-0.39, 0.29) is 31.1 Å². The maximum absolute atomic E-state index is 12.8. The lowest BCUT2D eigenvalue weighted by Gasteiger charge is -2.18. The molecule has 0 saturated carbocycles. The average molecular weight is 883 g/mol. The van der Waals surface area contributed by atoms with Gasteiger partial charge in [-0.2, -0.15) is 0 Å². The molecule has 0 aromatic carbocycles. The van der Waals surface area contributed by atoms with Gasteiger partial charge in [-0.3, -0.25) is 14.4 Å². The molecule has 0 rings (SSSR count). The third-order valence-electron chi connectivity index (χ3n) is 11.8. The first kappa shape index (κ1) is 60.4. The zero-order valence-electron chi connectivity index (χ0n) is 41.8. The van der Waals surface area contributed by atoms with Gasteiger partial charge in [-0.15, -0.1) is 0 Å². The second kappa shape index (κ2) is 52.0. The van der Waals surface area contributed by atoms with Crippen molar-refractivity contribution >= 4 is 17.9 Å². The molecule has 0 radical (unpaired) electrons. The van der Waals surface area contributed by atoms with E-state index in [1.807, 2.05) is 0 Å². The van der Waals surface area contributed by atoms with Gasteiger partial charge in [0.15, 0.2) is 6.10 Å². The molecule has 0 aromatic heterocycles. The van der Waals surface area contributed by atoms with Gasteiger partial charge in [0.1, 0.15) is 13.2 Å². The standard InChI is InChI=1S/C57H102O6/c1-4-7-10-13-16-19-22-25-26-27-28-29-30-33-35-38-41-44-47-50-56(59)62-53-54(63-57(60)51-48-45-42-39-36-32-24-21-18-15-12-9-6-3)52-61-55(58)49-46-43-40-37-34-31-23-20-17-14-11-8-5-2/h16,19-21,23-26,54H,4-15,17-18,22,27-53H2,1-3H3/b19-16-,23-20-,24-21-,26-25-. The van der Waals surface area contributed by atoms with Gasteiger partial charge in [-0.25, -0.2) is 0 Å². The van der Waals surface area contributed by atoms with E-state index in [2.05, 4.69) is 69.4 Å². The molecule has 63 heavy (non-hydrogen) atoms. The van der Waals surface area contributed by atoms with Crippen LogP contribution in [0.5, 0.6) is 0 Å². The summed E-state index contributed by atoms with van der Waals surface area (Å²) >= 11 is 0. The van der Waals surface area contributed by atoms with Crippen molar-refractivity contribution in [2.24, 2.45) is 0 Å². The second-order valence-electron chi connectivity index (χ2n) is 18.1. The third kappa shape index (κ3) is 50.2. The Bertz CT molecular complexity index is 1110. The molecule has 0 amide bonds. The van der Waals surface area contributed by atoms with E-state index in [0.29, 0.717) is 19.3 Å². The zero-order valence-corrected chi connectivity index (χ0v) is 41.8. The molecular formula is C57H102O6. The third-order valence-corrected chi connectivity index (χ3v) is 11.8. The Hall–Kier alpha value is -2.63. The molecule has 0 aliphatic rings. The average Bonchev–Trinajstić information content (AvgIpc) is 3.28. The molecule has 0 bridgehead atoms. The number of hydrogen-bond donors (Lipinski definition) is 0. The first-order chi connectivity index (χ1) is 31.0. The Balaban J connectivity index is 4.35. The minimum atomic E-state index is -0.780. The van der Waals surface area contributed by atoms with Gasteiger partial charge < -0.3 is 14.2 Å². The fourth-order valence-electron chi connectivity index (χ4n) is 7.64. The van der Waals surface area contributed by atoms with Crippen LogP contribution in [0.15, 0.2) is 48.6 Å². The van der Waals surface area contributed by atoms with Crippen molar-refractivity contribution in [1.29, 1.82) is 0 Å². The van der Waals surface area contributed by atoms with Crippen molar-refractivity contribution in [1.82, 2.24) is 0 Å². The topological polar surface area (TPSA) is 78.9 Å². The van der Waals surface area contributed by atoms with E-state index in [1.165, 1.54) is 154 Å². The van der Waals surface area contributed by atoms with Crippen LogP contribution in [0.4, 0.5) is 0 Å². The number of hydrogen-bond acceptors (Lipinski definition) is 6. The number of carbonyl (C=O) groups is 3. The molecular weight excluding hydrogens is 781 g/mol. The highest BCUT2D eigenvalue weighted by atomic mass is 16.6. The molecule has 366 valence electrons. The maximum atomic E-state index is 12.8. The van der Waals surface area contributed by atoms with Gasteiger partial charge in [0.05, 0.1) is 0 Å². The normalized spacial score (nSPS) is 12.4. The van der Waals surface area contributed by atoms with Crippen LogP contribution in [-0.4, -0.2) is 37.2 Å².